The van der Waals surface area contributed by atoms with Crippen LogP contribution in [0, 0.1) is 0 Å². The molecule has 2 aromatic rings. The molecule has 1 aromatic carbocycles. The number of hydrogen-bond acceptors (Lipinski definition) is 3. The molecule has 4 heteroatoms. The summed E-state index contributed by atoms with van der Waals surface area (Å²) in [6.45, 7) is 2.21. The van der Waals surface area contributed by atoms with Crippen molar-refractivity contribution >= 4 is 17.1 Å². The zero-order chi connectivity index (χ0) is 14.4. The van der Waals surface area contributed by atoms with Gasteiger partial charge < -0.3 is 9.52 Å². The number of unbranched alkanes of at least 4 members (excludes halogenated alkanes) is 5. The summed E-state index contributed by atoms with van der Waals surface area (Å²) in [4.78, 5) is 15.4. The van der Waals surface area contributed by atoms with Crippen LogP contribution in [-0.2, 0) is 6.42 Å². The number of carboxylic acids is 1. The molecule has 0 fully saturated rings. The van der Waals surface area contributed by atoms with Gasteiger partial charge in [-0.3, -0.25) is 0 Å². The van der Waals surface area contributed by atoms with Gasteiger partial charge in [-0.15, -0.1) is 0 Å². The van der Waals surface area contributed by atoms with Crippen molar-refractivity contribution in [3.63, 3.8) is 0 Å². The minimum Gasteiger partial charge on any atom is -0.478 e. The summed E-state index contributed by atoms with van der Waals surface area (Å²) in [5.74, 6) is -0.320. The Morgan fingerprint density at radius 1 is 1.20 bits per heavy atom. The van der Waals surface area contributed by atoms with Crippen molar-refractivity contribution in [2.75, 3.05) is 0 Å². The zero-order valence-electron chi connectivity index (χ0n) is 11.9. The third-order valence-electron chi connectivity index (χ3n) is 3.44. The van der Waals surface area contributed by atoms with Crippen molar-refractivity contribution in [1.82, 2.24) is 4.98 Å². The number of rotatable bonds is 8. The predicted octanol–water partition coefficient (Wildman–Crippen LogP) is 4.43. The number of carboxylic acid groups (broad SMARTS) is 1. The number of aromatic nitrogens is 1. The van der Waals surface area contributed by atoms with Gasteiger partial charge in [0.1, 0.15) is 5.52 Å². The lowest BCUT2D eigenvalue weighted by Crippen LogP contribution is -1.96. The Morgan fingerprint density at radius 3 is 2.70 bits per heavy atom. The Morgan fingerprint density at radius 2 is 1.95 bits per heavy atom. The molecule has 1 aromatic heterocycles. The van der Waals surface area contributed by atoms with Gasteiger partial charge in [-0.2, -0.15) is 0 Å². The molecule has 20 heavy (non-hydrogen) atoms. The van der Waals surface area contributed by atoms with Crippen LogP contribution >= 0.6 is 0 Å². The Balaban J connectivity index is 1.95. The fourth-order valence-corrected chi connectivity index (χ4v) is 2.33. The van der Waals surface area contributed by atoms with Crippen molar-refractivity contribution in [3.05, 3.63) is 29.7 Å². The summed E-state index contributed by atoms with van der Waals surface area (Å²) < 4.78 is 5.61. The van der Waals surface area contributed by atoms with Gasteiger partial charge in [0.05, 0.1) is 5.56 Å². The number of nitrogens with zero attached hydrogens (tertiary/aromatic N) is 1. The van der Waals surface area contributed by atoms with Crippen LogP contribution in [0.5, 0.6) is 0 Å². The first-order valence-electron chi connectivity index (χ1n) is 7.34. The monoisotopic (exact) mass is 275 g/mol. The molecule has 2 rings (SSSR count). The van der Waals surface area contributed by atoms with Gasteiger partial charge in [0.2, 0.25) is 0 Å². The van der Waals surface area contributed by atoms with Crippen molar-refractivity contribution in [2.24, 2.45) is 0 Å². The van der Waals surface area contributed by atoms with E-state index >= 15 is 0 Å². The molecule has 4 nitrogen and oxygen atoms in total. The molecule has 1 heterocycles. The van der Waals surface area contributed by atoms with Crippen LogP contribution in [0.3, 0.4) is 0 Å². The van der Waals surface area contributed by atoms with E-state index in [1.54, 1.807) is 18.2 Å². The van der Waals surface area contributed by atoms with Crippen molar-refractivity contribution < 1.29 is 14.3 Å². The normalized spacial score (nSPS) is 11.1. The maximum atomic E-state index is 11.1. The van der Waals surface area contributed by atoms with Gasteiger partial charge in [0, 0.05) is 6.42 Å². The molecule has 0 amide bonds. The number of oxazole rings is 1. The maximum absolute atomic E-state index is 11.1. The fourth-order valence-electron chi connectivity index (χ4n) is 2.33. The number of fused-ring (bicyclic) bond motifs is 1. The van der Waals surface area contributed by atoms with E-state index in [-0.39, 0.29) is 5.56 Å². The van der Waals surface area contributed by atoms with Crippen molar-refractivity contribution in [1.29, 1.82) is 0 Å². The molecule has 1 N–H and O–H groups in total. The summed E-state index contributed by atoms with van der Waals surface area (Å²) >= 11 is 0. The summed E-state index contributed by atoms with van der Waals surface area (Å²) in [6.07, 6.45) is 8.07. The van der Waals surface area contributed by atoms with Gasteiger partial charge in [-0.1, -0.05) is 45.1 Å². The van der Waals surface area contributed by atoms with Gasteiger partial charge >= 0.3 is 5.97 Å². The number of carbonyl (C=O) groups is 1. The SMILES string of the molecule is CCCCCCCCc1nc2c(C(=O)O)cccc2o1. The fraction of sp³-hybridized carbons (Fsp3) is 0.500. The Labute approximate surface area is 118 Å². The average molecular weight is 275 g/mol. The Kier molecular flexibility index (Phi) is 5.16. The molecule has 0 radical (unpaired) electrons. The van der Waals surface area contributed by atoms with E-state index in [2.05, 4.69) is 11.9 Å². The van der Waals surface area contributed by atoms with Gasteiger partial charge in [0.15, 0.2) is 11.5 Å². The van der Waals surface area contributed by atoms with Crippen LogP contribution < -0.4 is 0 Å². The van der Waals surface area contributed by atoms with Crippen LogP contribution in [0.4, 0.5) is 0 Å². The van der Waals surface area contributed by atoms with E-state index in [1.807, 2.05) is 0 Å². The van der Waals surface area contributed by atoms with Crippen LogP contribution in [0.2, 0.25) is 0 Å². The molecule has 108 valence electrons. The highest BCUT2D eigenvalue weighted by Gasteiger charge is 2.13. The van der Waals surface area contributed by atoms with E-state index < -0.39 is 5.97 Å². The molecule has 0 aliphatic carbocycles. The molecule has 0 saturated heterocycles. The van der Waals surface area contributed by atoms with Crippen molar-refractivity contribution in [2.45, 2.75) is 51.9 Å². The van der Waals surface area contributed by atoms with E-state index in [9.17, 15) is 4.79 Å². The van der Waals surface area contributed by atoms with Crippen LogP contribution in [0.1, 0.15) is 61.7 Å². The van der Waals surface area contributed by atoms with E-state index in [1.165, 1.54) is 32.1 Å². The molecule has 0 atom stereocenters. The van der Waals surface area contributed by atoms with Gasteiger partial charge in [-0.25, -0.2) is 9.78 Å². The number of aryl methyl sites for hydroxylation is 1. The molecule has 0 bridgehead atoms. The highest BCUT2D eigenvalue weighted by atomic mass is 16.4. The van der Waals surface area contributed by atoms with Crippen LogP contribution in [0.25, 0.3) is 11.1 Å². The zero-order valence-corrected chi connectivity index (χ0v) is 11.9. The number of benzene rings is 1. The third-order valence-corrected chi connectivity index (χ3v) is 3.44. The largest absolute Gasteiger partial charge is 0.478 e. The second kappa shape index (κ2) is 7.08. The van der Waals surface area contributed by atoms with Gasteiger partial charge in [-0.05, 0) is 18.6 Å². The lowest BCUT2D eigenvalue weighted by atomic mass is 10.1. The van der Waals surface area contributed by atoms with Crippen LogP contribution in [0.15, 0.2) is 22.6 Å². The Hall–Kier alpha value is -1.84. The molecule has 0 spiro atoms. The summed E-state index contributed by atoms with van der Waals surface area (Å²) in [7, 11) is 0. The smallest absolute Gasteiger partial charge is 0.338 e. The molecule has 0 aliphatic rings. The standard InChI is InChI=1S/C16H21NO3/c1-2-3-4-5-6-7-11-14-17-15-12(16(18)19)9-8-10-13(15)20-14/h8-10H,2-7,11H2,1H3,(H,18,19). The first-order valence-corrected chi connectivity index (χ1v) is 7.34. The summed E-state index contributed by atoms with van der Waals surface area (Å²) in [5.41, 5.74) is 1.23. The lowest BCUT2D eigenvalue weighted by Gasteiger charge is -1.98. The van der Waals surface area contributed by atoms with E-state index in [4.69, 9.17) is 9.52 Å². The molecular weight excluding hydrogens is 254 g/mol. The summed E-state index contributed by atoms with van der Waals surface area (Å²) in [6, 6.07) is 5.01. The Bertz CT molecular complexity index is 574. The number of aromatic carboxylic acids is 1. The quantitative estimate of drug-likeness (QED) is 0.724. The average Bonchev–Trinajstić information content (AvgIpc) is 2.84. The second-order valence-corrected chi connectivity index (χ2v) is 5.08. The molecule has 0 unspecified atom stereocenters. The third kappa shape index (κ3) is 3.59. The minimum absolute atomic E-state index is 0.209. The van der Waals surface area contributed by atoms with Crippen LogP contribution in [-0.4, -0.2) is 16.1 Å². The predicted molar refractivity (Wildman–Crippen MR) is 78.0 cm³/mol. The second-order valence-electron chi connectivity index (χ2n) is 5.08. The molecule has 0 saturated carbocycles. The van der Waals surface area contributed by atoms with E-state index in [0.717, 1.165) is 12.8 Å². The first kappa shape index (κ1) is 14.6. The first-order chi connectivity index (χ1) is 9.72. The minimum atomic E-state index is -0.963. The highest BCUT2D eigenvalue weighted by Crippen LogP contribution is 2.21. The number of hydrogen-bond donors (Lipinski definition) is 1. The molecule has 0 aliphatic heterocycles. The maximum Gasteiger partial charge on any atom is 0.338 e. The van der Waals surface area contributed by atoms with Gasteiger partial charge in [0.25, 0.3) is 0 Å². The lowest BCUT2D eigenvalue weighted by molar-refractivity contribution is 0.0699. The topological polar surface area (TPSA) is 63.3 Å². The van der Waals surface area contributed by atoms with Crippen molar-refractivity contribution in [3.8, 4) is 0 Å². The highest BCUT2D eigenvalue weighted by molar-refractivity contribution is 6.00. The van der Waals surface area contributed by atoms with E-state index in [0.29, 0.717) is 17.0 Å². The number of para-hydroxylation sites is 1. The molecular formula is C16H21NO3. The summed E-state index contributed by atoms with van der Waals surface area (Å²) in [5, 5.41) is 9.11.